The summed E-state index contributed by atoms with van der Waals surface area (Å²) >= 11 is 0. The minimum Gasteiger partial charge on any atom is -0.478 e. The maximum absolute atomic E-state index is 12.7. The molecule has 1 aliphatic heterocycles. The first-order valence-electron chi connectivity index (χ1n) is 11.8. The number of hydrogen-bond donors (Lipinski definition) is 3. The molecule has 0 spiro atoms. The molecule has 1 saturated heterocycles. The number of carbonyl (C=O) groups is 2. The molecule has 1 amide bonds. The maximum Gasteiger partial charge on any atom is 0.336 e. The highest BCUT2D eigenvalue weighted by molar-refractivity contribution is 7.92. The lowest BCUT2D eigenvalue weighted by molar-refractivity contribution is -0.122. The van der Waals surface area contributed by atoms with E-state index in [9.17, 15) is 23.1 Å². The van der Waals surface area contributed by atoms with E-state index in [0.717, 1.165) is 6.42 Å². The molecule has 3 aromatic rings. The molecule has 14 heteroatoms. The van der Waals surface area contributed by atoms with E-state index in [0.29, 0.717) is 56.0 Å². The third-order valence-corrected chi connectivity index (χ3v) is 7.36. The van der Waals surface area contributed by atoms with Crippen molar-refractivity contribution in [2.75, 3.05) is 48.9 Å². The van der Waals surface area contributed by atoms with Gasteiger partial charge in [0.05, 0.1) is 22.5 Å². The SMILES string of the molecule is CCCNC(=O)CN1CCN(c2cc(C(=O)O)c3cc(NS(=O)(=O)c4ccccc4)ccc3n2)CC1.Cl.Cl.Cl. The van der Waals surface area contributed by atoms with Crippen LogP contribution in [-0.4, -0.2) is 74.6 Å². The number of aromatic nitrogens is 1. The molecule has 0 saturated carbocycles. The monoisotopic (exact) mass is 619 g/mol. The van der Waals surface area contributed by atoms with Crippen molar-refractivity contribution in [2.45, 2.75) is 18.2 Å². The van der Waals surface area contributed by atoms with Crippen molar-refractivity contribution < 1.29 is 23.1 Å². The number of anilines is 2. The smallest absolute Gasteiger partial charge is 0.336 e. The van der Waals surface area contributed by atoms with Crippen LogP contribution in [0, 0.1) is 0 Å². The van der Waals surface area contributed by atoms with Crippen molar-refractivity contribution in [1.82, 2.24) is 15.2 Å². The molecule has 214 valence electrons. The summed E-state index contributed by atoms with van der Waals surface area (Å²) in [6.45, 7) is 5.52. The topological polar surface area (TPSA) is 132 Å². The van der Waals surface area contributed by atoms with Gasteiger partial charge < -0.3 is 15.3 Å². The molecule has 3 N–H and O–H groups in total. The summed E-state index contributed by atoms with van der Waals surface area (Å²) in [5.74, 6) is -0.591. The van der Waals surface area contributed by atoms with E-state index in [1.54, 1.807) is 30.3 Å². The number of amides is 1. The molecule has 0 bridgehead atoms. The molecule has 0 radical (unpaired) electrons. The second-order valence-electron chi connectivity index (χ2n) is 8.60. The number of fused-ring (bicyclic) bond motifs is 1. The largest absolute Gasteiger partial charge is 0.478 e. The summed E-state index contributed by atoms with van der Waals surface area (Å²) < 4.78 is 27.9. The maximum atomic E-state index is 12.7. The van der Waals surface area contributed by atoms with Crippen LogP contribution in [0.25, 0.3) is 10.9 Å². The van der Waals surface area contributed by atoms with Gasteiger partial charge in [0, 0.05) is 43.8 Å². The number of piperazine rings is 1. The van der Waals surface area contributed by atoms with Crippen molar-refractivity contribution in [3.63, 3.8) is 0 Å². The number of carboxylic acids is 1. The van der Waals surface area contributed by atoms with Gasteiger partial charge in [-0.1, -0.05) is 25.1 Å². The minimum absolute atomic E-state index is 0. The minimum atomic E-state index is -3.82. The number of sulfonamides is 1. The van der Waals surface area contributed by atoms with Crippen LogP contribution < -0.4 is 14.9 Å². The van der Waals surface area contributed by atoms with Crippen LogP contribution in [0.1, 0.15) is 23.7 Å². The number of halogens is 3. The number of rotatable bonds is 9. The quantitative estimate of drug-likeness (QED) is 0.330. The number of carbonyl (C=O) groups excluding carboxylic acids is 1. The summed E-state index contributed by atoms with van der Waals surface area (Å²) in [4.78, 5) is 32.9. The number of nitrogens with one attached hydrogen (secondary N) is 2. The van der Waals surface area contributed by atoms with Gasteiger partial charge in [0.1, 0.15) is 5.82 Å². The van der Waals surface area contributed by atoms with E-state index >= 15 is 0 Å². The highest BCUT2D eigenvalue weighted by atomic mass is 35.5. The van der Waals surface area contributed by atoms with Gasteiger partial charge in [0.25, 0.3) is 10.0 Å². The number of benzene rings is 2. The van der Waals surface area contributed by atoms with Crippen LogP contribution in [0.2, 0.25) is 0 Å². The van der Waals surface area contributed by atoms with Gasteiger partial charge in [-0.3, -0.25) is 14.4 Å². The summed E-state index contributed by atoms with van der Waals surface area (Å²) in [7, 11) is -3.82. The standard InChI is InChI=1S/C25H29N5O5S.3ClH/c1-2-10-26-24(31)17-29-11-13-30(14-12-29)23-16-21(25(32)33)20-15-18(8-9-22(20)27-23)28-36(34,35)19-6-4-3-5-7-19;;;/h3-9,15-16,28H,2,10-14,17H2,1H3,(H,26,31)(H,32,33);3*1H. The van der Waals surface area contributed by atoms with Gasteiger partial charge >= 0.3 is 5.97 Å². The Balaban J connectivity index is 0.00000253. The molecule has 4 rings (SSSR count). The Morgan fingerprint density at radius 1 is 0.974 bits per heavy atom. The second-order valence-corrected chi connectivity index (χ2v) is 10.3. The van der Waals surface area contributed by atoms with Gasteiger partial charge in [-0.15, -0.1) is 37.2 Å². The fourth-order valence-electron chi connectivity index (χ4n) is 4.09. The first-order chi connectivity index (χ1) is 17.3. The van der Waals surface area contributed by atoms with E-state index < -0.39 is 16.0 Å². The average Bonchev–Trinajstić information content (AvgIpc) is 2.87. The van der Waals surface area contributed by atoms with E-state index in [1.807, 2.05) is 11.8 Å². The van der Waals surface area contributed by atoms with Crippen LogP contribution in [0.3, 0.4) is 0 Å². The summed E-state index contributed by atoms with van der Waals surface area (Å²) in [5, 5.41) is 13.1. The molecule has 1 fully saturated rings. The number of pyridine rings is 1. The zero-order valence-corrected chi connectivity index (χ0v) is 24.5. The highest BCUT2D eigenvalue weighted by Crippen LogP contribution is 2.27. The molecule has 10 nitrogen and oxygen atoms in total. The lowest BCUT2D eigenvalue weighted by atomic mass is 10.1. The molecular formula is C25H32Cl3N5O5S. The van der Waals surface area contributed by atoms with Crippen LogP contribution in [0.5, 0.6) is 0 Å². The molecular weight excluding hydrogens is 589 g/mol. The molecule has 2 aromatic carbocycles. The van der Waals surface area contributed by atoms with Crippen LogP contribution in [-0.2, 0) is 14.8 Å². The fourth-order valence-corrected chi connectivity index (χ4v) is 5.16. The van der Waals surface area contributed by atoms with Crippen LogP contribution in [0.4, 0.5) is 11.5 Å². The molecule has 0 aliphatic carbocycles. The van der Waals surface area contributed by atoms with Gasteiger partial charge in [-0.05, 0) is 42.8 Å². The fraction of sp³-hybridized carbons (Fsp3) is 0.320. The Morgan fingerprint density at radius 3 is 2.26 bits per heavy atom. The lowest BCUT2D eigenvalue weighted by Crippen LogP contribution is -2.49. The van der Waals surface area contributed by atoms with Gasteiger partial charge in [-0.2, -0.15) is 0 Å². The predicted octanol–water partition coefficient (Wildman–Crippen LogP) is 3.65. The second kappa shape index (κ2) is 15.1. The number of aromatic carboxylic acids is 1. The van der Waals surface area contributed by atoms with Gasteiger partial charge in [0.15, 0.2) is 0 Å². The van der Waals surface area contributed by atoms with Crippen molar-refractivity contribution in [2.24, 2.45) is 0 Å². The number of hydrogen-bond acceptors (Lipinski definition) is 7. The normalized spacial score (nSPS) is 13.4. The third-order valence-electron chi connectivity index (χ3n) is 5.97. The zero-order chi connectivity index (χ0) is 25.7. The Hall–Kier alpha value is -2.83. The van der Waals surface area contributed by atoms with E-state index in [2.05, 4.69) is 19.9 Å². The molecule has 2 heterocycles. The third kappa shape index (κ3) is 8.58. The van der Waals surface area contributed by atoms with Crippen molar-refractivity contribution in [3.05, 3.63) is 60.2 Å². The molecule has 0 atom stereocenters. The average molecular weight is 621 g/mol. The first-order valence-corrected chi connectivity index (χ1v) is 13.2. The number of nitrogens with zero attached hydrogens (tertiary/aromatic N) is 3. The summed E-state index contributed by atoms with van der Waals surface area (Å²) in [5.41, 5.74) is 0.740. The number of carboxylic acid groups (broad SMARTS) is 1. The van der Waals surface area contributed by atoms with Crippen molar-refractivity contribution >= 4 is 81.5 Å². The van der Waals surface area contributed by atoms with Gasteiger partial charge in [0.2, 0.25) is 5.91 Å². The molecule has 39 heavy (non-hydrogen) atoms. The van der Waals surface area contributed by atoms with E-state index in [-0.39, 0.29) is 59.3 Å². The Kier molecular flexibility index (Phi) is 13.2. The van der Waals surface area contributed by atoms with E-state index in [1.165, 1.54) is 24.3 Å². The van der Waals surface area contributed by atoms with Crippen LogP contribution >= 0.6 is 37.2 Å². The lowest BCUT2D eigenvalue weighted by Gasteiger charge is -2.35. The summed E-state index contributed by atoms with van der Waals surface area (Å²) in [6, 6.07) is 14.1. The Labute approximate surface area is 246 Å². The first kappa shape index (κ1) is 34.2. The van der Waals surface area contributed by atoms with Crippen molar-refractivity contribution in [1.29, 1.82) is 0 Å². The van der Waals surface area contributed by atoms with Gasteiger partial charge in [-0.25, -0.2) is 18.2 Å². The Morgan fingerprint density at radius 2 is 1.64 bits per heavy atom. The highest BCUT2D eigenvalue weighted by Gasteiger charge is 2.22. The summed E-state index contributed by atoms with van der Waals surface area (Å²) in [6.07, 6.45) is 0.888. The van der Waals surface area contributed by atoms with Crippen molar-refractivity contribution in [3.8, 4) is 0 Å². The zero-order valence-electron chi connectivity index (χ0n) is 21.2. The predicted molar refractivity (Wildman–Crippen MR) is 160 cm³/mol. The Bertz CT molecular complexity index is 1370. The molecule has 0 unspecified atom stereocenters. The molecule has 1 aliphatic rings. The van der Waals surface area contributed by atoms with E-state index in [4.69, 9.17) is 0 Å². The molecule has 1 aromatic heterocycles. The van der Waals surface area contributed by atoms with Crippen LogP contribution in [0.15, 0.2) is 59.5 Å².